The monoisotopic (exact) mass is 283 g/mol. The van der Waals surface area contributed by atoms with E-state index in [1.165, 1.54) is 0 Å². The van der Waals surface area contributed by atoms with Gasteiger partial charge in [0.1, 0.15) is 6.54 Å². The summed E-state index contributed by atoms with van der Waals surface area (Å²) in [7, 11) is 0. The Morgan fingerprint density at radius 2 is 2.00 bits per heavy atom. The van der Waals surface area contributed by atoms with Crippen molar-refractivity contribution < 1.29 is 14.3 Å². The average molecular weight is 283 g/mol. The minimum absolute atomic E-state index is 0.0227. The van der Waals surface area contributed by atoms with Crippen molar-refractivity contribution in [3.8, 4) is 0 Å². The molecule has 0 atom stereocenters. The van der Waals surface area contributed by atoms with Crippen molar-refractivity contribution in [2.24, 2.45) is 0 Å². The molecule has 1 rings (SSSR count). The minimum atomic E-state index is -0.353. The smallest absolute Gasteiger partial charge is 0.325 e. The van der Waals surface area contributed by atoms with Crippen LogP contribution in [0, 0.1) is 13.8 Å². The lowest BCUT2D eigenvalue weighted by Gasteiger charge is -2.21. The number of ether oxygens (including phenoxy) is 1. The van der Waals surface area contributed by atoms with Crippen LogP contribution < -0.4 is 0 Å². The minimum Gasteiger partial charge on any atom is -0.465 e. The number of carbonyl (C=O) groups excluding carboxylic acids is 2. The maximum Gasteiger partial charge on any atom is 0.325 e. The van der Waals surface area contributed by atoms with E-state index in [1.54, 1.807) is 23.2 Å². The molecular formula is C14H21NO3S. The standard InChI is InChI=1S/C14H21NO3S/c1-5-7-15(9-13(16)18-6-2)14(17)12-8-10(3)19-11(12)4/h8H,5-7,9H2,1-4H3. The first-order valence-electron chi connectivity index (χ1n) is 6.51. The summed E-state index contributed by atoms with van der Waals surface area (Å²) < 4.78 is 4.91. The molecule has 0 radical (unpaired) electrons. The summed E-state index contributed by atoms with van der Waals surface area (Å²) in [6.45, 7) is 8.57. The Balaban J connectivity index is 2.83. The zero-order valence-corrected chi connectivity index (χ0v) is 12.8. The third kappa shape index (κ3) is 4.35. The lowest BCUT2D eigenvalue weighted by molar-refractivity contribution is -0.143. The largest absolute Gasteiger partial charge is 0.465 e. The Labute approximate surface area is 118 Å². The first kappa shape index (κ1) is 15.7. The van der Waals surface area contributed by atoms with Gasteiger partial charge in [0.2, 0.25) is 0 Å². The van der Waals surface area contributed by atoms with E-state index in [2.05, 4.69) is 0 Å². The van der Waals surface area contributed by atoms with Crippen LogP contribution in [-0.4, -0.2) is 36.5 Å². The van der Waals surface area contributed by atoms with Crippen LogP contribution in [0.1, 0.15) is 40.4 Å². The van der Waals surface area contributed by atoms with Crippen LogP contribution in [-0.2, 0) is 9.53 Å². The Morgan fingerprint density at radius 3 is 2.47 bits per heavy atom. The van der Waals surface area contributed by atoms with E-state index in [0.717, 1.165) is 16.2 Å². The maximum atomic E-state index is 12.4. The number of esters is 1. The number of hydrogen-bond donors (Lipinski definition) is 0. The van der Waals surface area contributed by atoms with Gasteiger partial charge in [-0.15, -0.1) is 11.3 Å². The number of carbonyl (C=O) groups is 2. The topological polar surface area (TPSA) is 46.6 Å². The van der Waals surface area contributed by atoms with Gasteiger partial charge < -0.3 is 9.64 Å². The van der Waals surface area contributed by atoms with Crippen molar-refractivity contribution in [3.05, 3.63) is 21.4 Å². The highest BCUT2D eigenvalue weighted by molar-refractivity contribution is 7.12. The molecule has 0 fully saturated rings. The molecule has 0 aliphatic carbocycles. The van der Waals surface area contributed by atoms with Gasteiger partial charge in [0, 0.05) is 16.3 Å². The molecule has 0 saturated carbocycles. The van der Waals surface area contributed by atoms with Crippen LogP contribution in [0.3, 0.4) is 0 Å². The summed E-state index contributed by atoms with van der Waals surface area (Å²) in [4.78, 5) is 27.6. The van der Waals surface area contributed by atoms with E-state index < -0.39 is 0 Å². The normalized spacial score (nSPS) is 10.3. The second-order valence-electron chi connectivity index (χ2n) is 4.36. The van der Waals surface area contributed by atoms with Crippen molar-refractivity contribution in [1.82, 2.24) is 4.90 Å². The first-order valence-corrected chi connectivity index (χ1v) is 7.33. The zero-order chi connectivity index (χ0) is 14.4. The first-order chi connectivity index (χ1) is 8.99. The van der Waals surface area contributed by atoms with Gasteiger partial charge in [-0.2, -0.15) is 0 Å². The van der Waals surface area contributed by atoms with E-state index in [0.29, 0.717) is 18.7 Å². The van der Waals surface area contributed by atoms with Crippen molar-refractivity contribution in [3.63, 3.8) is 0 Å². The second-order valence-corrected chi connectivity index (χ2v) is 5.82. The predicted octanol–water partition coefficient (Wildman–Crippen LogP) is 2.78. The summed E-state index contributed by atoms with van der Waals surface area (Å²) in [5, 5.41) is 0. The highest BCUT2D eigenvalue weighted by Gasteiger charge is 2.21. The molecule has 4 nitrogen and oxygen atoms in total. The summed E-state index contributed by atoms with van der Waals surface area (Å²) in [6, 6.07) is 1.89. The number of rotatable bonds is 6. The zero-order valence-electron chi connectivity index (χ0n) is 12.0. The van der Waals surface area contributed by atoms with Crippen LogP contribution in [0.4, 0.5) is 0 Å². The summed E-state index contributed by atoms with van der Waals surface area (Å²) >= 11 is 1.60. The third-order valence-corrected chi connectivity index (χ3v) is 3.64. The van der Waals surface area contributed by atoms with Gasteiger partial charge >= 0.3 is 5.97 Å². The van der Waals surface area contributed by atoms with E-state index in [-0.39, 0.29) is 18.4 Å². The summed E-state index contributed by atoms with van der Waals surface area (Å²) in [6.07, 6.45) is 0.813. The quantitative estimate of drug-likeness (QED) is 0.754. The number of hydrogen-bond acceptors (Lipinski definition) is 4. The van der Waals surface area contributed by atoms with Gasteiger partial charge in [-0.3, -0.25) is 9.59 Å². The molecule has 0 aliphatic heterocycles. The number of aryl methyl sites for hydroxylation is 2. The number of nitrogens with zero attached hydrogens (tertiary/aromatic N) is 1. The van der Waals surface area contributed by atoms with E-state index in [1.807, 2.05) is 26.8 Å². The molecule has 1 heterocycles. The van der Waals surface area contributed by atoms with Gasteiger partial charge in [-0.25, -0.2) is 0 Å². The molecule has 1 aromatic rings. The highest BCUT2D eigenvalue weighted by atomic mass is 32.1. The molecule has 1 amide bonds. The van der Waals surface area contributed by atoms with Gasteiger partial charge in [-0.05, 0) is 33.3 Å². The van der Waals surface area contributed by atoms with Crippen molar-refractivity contribution in [2.45, 2.75) is 34.1 Å². The fraction of sp³-hybridized carbons (Fsp3) is 0.571. The molecule has 5 heteroatoms. The Hall–Kier alpha value is -1.36. The molecule has 106 valence electrons. The van der Waals surface area contributed by atoms with Crippen molar-refractivity contribution in [1.29, 1.82) is 0 Å². The van der Waals surface area contributed by atoms with Crippen molar-refractivity contribution in [2.75, 3.05) is 19.7 Å². The van der Waals surface area contributed by atoms with Crippen LogP contribution in [0.15, 0.2) is 6.07 Å². The Morgan fingerprint density at radius 1 is 1.32 bits per heavy atom. The molecule has 0 aliphatic rings. The fourth-order valence-corrected chi connectivity index (χ4v) is 2.81. The molecule has 0 unspecified atom stereocenters. The molecule has 19 heavy (non-hydrogen) atoms. The Kier molecular flexibility index (Phi) is 6.02. The van der Waals surface area contributed by atoms with E-state index >= 15 is 0 Å². The molecule has 0 aromatic carbocycles. The third-order valence-electron chi connectivity index (χ3n) is 2.68. The SMILES string of the molecule is CCCN(CC(=O)OCC)C(=O)c1cc(C)sc1C. The van der Waals surface area contributed by atoms with Crippen LogP contribution in [0.2, 0.25) is 0 Å². The van der Waals surface area contributed by atoms with Gasteiger partial charge in [-0.1, -0.05) is 6.92 Å². The molecule has 0 N–H and O–H groups in total. The van der Waals surface area contributed by atoms with Gasteiger partial charge in [0.15, 0.2) is 0 Å². The van der Waals surface area contributed by atoms with Crippen LogP contribution >= 0.6 is 11.3 Å². The van der Waals surface area contributed by atoms with Crippen molar-refractivity contribution >= 4 is 23.2 Å². The lowest BCUT2D eigenvalue weighted by atomic mass is 10.2. The Bertz CT molecular complexity index is 454. The average Bonchev–Trinajstić information content (AvgIpc) is 2.67. The van der Waals surface area contributed by atoms with Crippen LogP contribution in [0.5, 0.6) is 0 Å². The predicted molar refractivity (Wildman–Crippen MR) is 76.6 cm³/mol. The second kappa shape index (κ2) is 7.28. The number of amides is 1. The van der Waals surface area contributed by atoms with Crippen LogP contribution in [0.25, 0.3) is 0 Å². The molecule has 0 saturated heterocycles. The van der Waals surface area contributed by atoms with Gasteiger partial charge in [0.05, 0.1) is 12.2 Å². The molecular weight excluding hydrogens is 262 g/mol. The fourth-order valence-electron chi connectivity index (χ4n) is 1.90. The molecule has 1 aromatic heterocycles. The summed E-state index contributed by atoms with van der Waals surface area (Å²) in [5.41, 5.74) is 0.695. The highest BCUT2D eigenvalue weighted by Crippen LogP contribution is 2.22. The summed E-state index contributed by atoms with van der Waals surface area (Å²) in [5.74, 6) is -0.439. The molecule has 0 spiro atoms. The van der Waals surface area contributed by atoms with Gasteiger partial charge in [0.25, 0.3) is 5.91 Å². The maximum absolute atomic E-state index is 12.4. The van der Waals surface area contributed by atoms with E-state index in [9.17, 15) is 9.59 Å². The number of thiophene rings is 1. The molecule has 0 bridgehead atoms. The lowest BCUT2D eigenvalue weighted by Crippen LogP contribution is -2.37. The van der Waals surface area contributed by atoms with E-state index in [4.69, 9.17) is 4.74 Å².